The molecule has 6 heteroatoms. The predicted octanol–water partition coefficient (Wildman–Crippen LogP) is 4.68. The van der Waals surface area contributed by atoms with E-state index in [1.807, 2.05) is 38.1 Å². The van der Waals surface area contributed by atoms with Gasteiger partial charge in [0, 0.05) is 12.2 Å². The Labute approximate surface area is 163 Å². The van der Waals surface area contributed by atoms with E-state index in [-0.39, 0.29) is 17.8 Å². The quantitative estimate of drug-likeness (QED) is 0.626. The van der Waals surface area contributed by atoms with Gasteiger partial charge in [-0.3, -0.25) is 4.79 Å². The molecule has 5 nitrogen and oxygen atoms in total. The molecule has 144 valence electrons. The lowest BCUT2D eigenvalue weighted by atomic mass is 10.2. The third-order valence-corrected chi connectivity index (χ3v) is 3.88. The van der Waals surface area contributed by atoms with E-state index in [1.165, 1.54) is 12.1 Å². The molecule has 1 heterocycles. The van der Waals surface area contributed by atoms with E-state index in [4.69, 9.17) is 4.74 Å². The van der Waals surface area contributed by atoms with Crippen molar-refractivity contribution in [3.05, 3.63) is 83.9 Å². The molecule has 3 aromatic rings. The fourth-order valence-electron chi connectivity index (χ4n) is 2.53. The van der Waals surface area contributed by atoms with Crippen LogP contribution in [0.3, 0.4) is 0 Å². The molecular formula is C22H22FN3O2. The summed E-state index contributed by atoms with van der Waals surface area (Å²) in [5.41, 5.74) is 2.80. The Morgan fingerprint density at radius 1 is 1.00 bits per heavy atom. The number of carbonyl (C=O) groups is 1. The number of hydrogen-bond donors (Lipinski definition) is 2. The molecule has 0 radical (unpaired) electrons. The molecule has 3 rings (SSSR count). The molecule has 0 aliphatic heterocycles. The first kappa shape index (κ1) is 19.4. The van der Waals surface area contributed by atoms with Gasteiger partial charge in [0.05, 0.1) is 18.0 Å². The SMILES string of the molecule is CC(C)Oc1ccc(Nc2ccc(C(=O)NCc3ccc(F)cc3)nc2)cc1. The van der Waals surface area contributed by atoms with Crippen LogP contribution < -0.4 is 15.4 Å². The van der Waals surface area contributed by atoms with Crippen LogP contribution in [0.2, 0.25) is 0 Å². The second-order valence-corrected chi connectivity index (χ2v) is 6.56. The maximum Gasteiger partial charge on any atom is 0.270 e. The molecule has 0 fully saturated rings. The van der Waals surface area contributed by atoms with Crippen LogP contribution in [-0.4, -0.2) is 17.0 Å². The minimum Gasteiger partial charge on any atom is -0.491 e. The number of carbonyl (C=O) groups excluding carboxylic acids is 1. The maximum atomic E-state index is 12.9. The van der Waals surface area contributed by atoms with E-state index >= 15 is 0 Å². The first-order valence-corrected chi connectivity index (χ1v) is 9.02. The van der Waals surface area contributed by atoms with Crippen molar-refractivity contribution in [3.8, 4) is 5.75 Å². The molecule has 0 aliphatic carbocycles. The van der Waals surface area contributed by atoms with Crippen LogP contribution in [0.15, 0.2) is 66.9 Å². The van der Waals surface area contributed by atoms with Crippen molar-refractivity contribution in [2.45, 2.75) is 26.5 Å². The Morgan fingerprint density at radius 2 is 1.68 bits per heavy atom. The number of halogens is 1. The van der Waals surface area contributed by atoms with Gasteiger partial charge in [0.15, 0.2) is 0 Å². The number of pyridine rings is 1. The first-order valence-electron chi connectivity index (χ1n) is 9.02. The molecule has 1 aromatic heterocycles. The second-order valence-electron chi connectivity index (χ2n) is 6.56. The van der Waals surface area contributed by atoms with Crippen LogP contribution in [0.4, 0.5) is 15.8 Å². The van der Waals surface area contributed by atoms with E-state index in [0.29, 0.717) is 12.2 Å². The molecule has 0 aliphatic rings. The van der Waals surface area contributed by atoms with Crippen molar-refractivity contribution in [1.29, 1.82) is 0 Å². The molecule has 0 spiro atoms. The zero-order chi connectivity index (χ0) is 19.9. The second kappa shape index (κ2) is 8.99. The number of benzene rings is 2. The number of aromatic nitrogens is 1. The molecule has 2 aromatic carbocycles. The number of anilines is 2. The molecule has 28 heavy (non-hydrogen) atoms. The number of hydrogen-bond acceptors (Lipinski definition) is 4. The summed E-state index contributed by atoms with van der Waals surface area (Å²) in [6.45, 7) is 4.27. The molecule has 0 saturated heterocycles. The van der Waals surface area contributed by atoms with Crippen LogP contribution >= 0.6 is 0 Å². The van der Waals surface area contributed by atoms with Crippen molar-refractivity contribution in [2.24, 2.45) is 0 Å². The minimum atomic E-state index is -0.304. The van der Waals surface area contributed by atoms with Gasteiger partial charge < -0.3 is 15.4 Å². The summed E-state index contributed by atoms with van der Waals surface area (Å²) in [5.74, 6) is 0.222. The third-order valence-electron chi connectivity index (χ3n) is 3.88. The number of rotatable bonds is 7. The van der Waals surface area contributed by atoms with Crippen LogP contribution in [0.1, 0.15) is 29.9 Å². The summed E-state index contributed by atoms with van der Waals surface area (Å²) < 4.78 is 18.5. The Bertz CT molecular complexity index is 908. The normalized spacial score (nSPS) is 10.6. The highest BCUT2D eigenvalue weighted by Crippen LogP contribution is 2.20. The van der Waals surface area contributed by atoms with Gasteiger partial charge in [-0.25, -0.2) is 9.37 Å². The zero-order valence-corrected chi connectivity index (χ0v) is 15.8. The molecule has 0 unspecified atom stereocenters. The van der Waals surface area contributed by atoms with Gasteiger partial charge in [0.2, 0.25) is 0 Å². The maximum absolute atomic E-state index is 12.9. The van der Waals surface area contributed by atoms with Gasteiger partial charge in [0.25, 0.3) is 5.91 Å². The van der Waals surface area contributed by atoms with Crippen LogP contribution in [0.5, 0.6) is 5.75 Å². The fourth-order valence-corrected chi connectivity index (χ4v) is 2.53. The minimum absolute atomic E-state index is 0.129. The van der Waals surface area contributed by atoms with Crippen molar-refractivity contribution >= 4 is 17.3 Å². The van der Waals surface area contributed by atoms with E-state index < -0.39 is 0 Å². The summed E-state index contributed by atoms with van der Waals surface area (Å²) in [4.78, 5) is 16.4. The Hall–Kier alpha value is -3.41. The largest absolute Gasteiger partial charge is 0.491 e. The number of ether oxygens (including phenoxy) is 1. The molecular weight excluding hydrogens is 357 g/mol. The van der Waals surface area contributed by atoms with E-state index in [1.54, 1.807) is 30.5 Å². The van der Waals surface area contributed by atoms with Gasteiger partial charge in [-0.05, 0) is 67.9 Å². The highest BCUT2D eigenvalue weighted by Gasteiger charge is 2.07. The van der Waals surface area contributed by atoms with E-state index in [9.17, 15) is 9.18 Å². The van der Waals surface area contributed by atoms with Gasteiger partial charge in [-0.15, -0.1) is 0 Å². The summed E-state index contributed by atoms with van der Waals surface area (Å²) in [6.07, 6.45) is 1.73. The van der Waals surface area contributed by atoms with E-state index in [2.05, 4.69) is 15.6 Å². The summed E-state index contributed by atoms with van der Waals surface area (Å²) in [7, 11) is 0. The van der Waals surface area contributed by atoms with Gasteiger partial charge in [0.1, 0.15) is 17.3 Å². The number of nitrogens with zero attached hydrogens (tertiary/aromatic N) is 1. The highest BCUT2D eigenvalue weighted by molar-refractivity contribution is 5.92. The van der Waals surface area contributed by atoms with Gasteiger partial charge >= 0.3 is 0 Å². The van der Waals surface area contributed by atoms with Crippen molar-refractivity contribution < 1.29 is 13.9 Å². The van der Waals surface area contributed by atoms with Gasteiger partial charge in [-0.2, -0.15) is 0 Å². The van der Waals surface area contributed by atoms with E-state index in [0.717, 1.165) is 22.7 Å². The Balaban J connectivity index is 1.55. The van der Waals surface area contributed by atoms with Crippen molar-refractivity contribution in [2.75, 3.05) is 5.32 Å². The summed E-state index contributed by atoms with van der Waals surface area (Å²) in [5, 5.41) is 6.00. The van der Waals surface area contributed by atoms with Crippen molar-refractivity contribution in [3.63, 3.8) is 0 Å². The molecule has 0 atom stereocenters. The topological polar surface area (TPSA) is 63.2 Å². The first-order chi connectivity index (χ1) is 13.5. The molecule has 0 saturated carbocycles. The smallest absolute Gasteiger partial charge is 0.270 e. The van der Waals surface area contributed by atoms with Crippen LogP contribution in [-0.2, 0) is 6.54 Å². The number of nitrogens with one attached hydrogen (secondary N) is 2. The lowest BCUT2D eigenvalue weighted by molar-refractivity contribution is 0.0946. The Morgan fingerprint density at radius 3 is 2.29 bits per heavy atom. The summed E-state index contributed by atoms with van der Waals surface area (Å²) >= 11 is 0. The lowest BCUT2D eigenvalue weighted by Gasteiger charge is -2.11. The van der Waals surface area contributed by atoms with Crippen LogP contribution in [0, 0.1) is 5.82 Å². The van der Waals surface area contributed by atoms with Crippen molar-refractivity contribution in [1.82, 2.24) is 10.3 Å². The van der Waals surface area contributed by atoms with Crippen LogP contribution in [0.25, 0.3) is 0 Å². The third kappa shape index (κ3) is 5.54. The molecule has 0 bridgehead atoms. The molecule has 1 amide bonds. The average Bonchev–Trinajstić information content (AvgIpc) is 2.69. The standard InChI is InChI=1S/C22H22FN3O2/c1-15(2)28-20-10-7-18(8-11-20)26-19-9-12-21(24-14-19)22(27)25-13-16-3-5-17(23)6-4-16/h3-12,14-15,26H,13H2,1-2H3,(H,25,27). The highest BCUT2D eigenvalue weighted by atomic mass is 19.1. The predicted molar refractivity (Wildman–Crippen MR) is 107 cm³/mol. The monoisotopic (exact) mass is 379 g/mol. The summed E-state index contributed by atoms with van der Waals surface area (Å²) in [6, 6.07) is 17.1. The lowest BCUT2D eigenvalue weighted by Crippen LogP contribution is -2.23. The number of amides is 1. The Kier molecular flexibility index (Phi) is 6.22. The molecule has 2 N–H and O–H groups in total. The fraction of sp³-hybridized carbons (Fsp3) is 0.182. The van der Waals surface area contributed by atoms with Gasteiger partial charge in [-0.1, -0.05) is 12.1 Å². The average molecular weight is 379 g/mol. The zero-order valence-electron chi connectivity index (χ0n) is 15.8.